The van der Waals surface area contributed by atoms with E-state index in [0.29, 0.717) is 5.56 Å². The Balaban J connectivity index is 1.95. The van der Waals surface area contributed by atoms with Crippen molar-refractivity contribution in [1.82, 2.24) is 10.2 Å². The Kier molecular flexibility index (Phi) is 4.22. The van der Waals surface area contributed by atoms with E-state index in [2.05, 4.69) is 5.32 Å². The zero-order valence-electron chi connectivity index (χ0n) is 13.3. The van der Waals surface area contributed by atoms with Crippen LogP contribution in [0.3, 0.4) is 0 Å². The fourth-order valence-electron chi connectivity index (χ4n) is 2.95. The number of imide groups is 1. The number of hydrogen-bond acceptors (Lipinski definition) is 3. The van der Waals surface area contributed by atoms with Gasteiger partial charge in [0.25, 0.3) is 11.8 Å². The Labute approximate surface area is 142 Å². The van der Waals surface area contributed by atoms with Crippen molar-refractivity contribution in [2.45, 2.75) is 19.5 Å². The topological polar surface area (TPSA) is 86.7 Å². The summed E-state index contributed by atoms with van der Waals surface area (Å²) < 4.78 is 14.4. The predicted octanol–water partition coefficient (Wildman–Crippen LogP) is 2.95. The molecular formula is C18H15FN2O4. The maximum absolute atomic E-state index is 14.4. The number of carboxylic acid groups (broad SMARTS) is 1. The molecule has 7 heteroatoms. The number of carbonyl (C=O) groups is 3. The van der Waals surface area contributed by atoms with Gasteiger partial charge in [0.05, 0.1) is 23.7 Å². The van der Waals surface area contributed by atoms with Gasteiger partial charge in [0.2, 0.25) is 0 Å². The minimum atomic E-state index is -1.25. The Morgan fingerprint density at radius 2 is 1.72 bits per heavy atom. The number of hydrogen-bond donors (Lipinski definition) is 2. The van der Waals surface area contributed by atoms with Gasteiger partial charge in [0, 0.05) is 5.56 Å². The third-order valence-corrected chi connectivity index (χ3v) is 4.16. The van der Waals surface area contributed by atoms with Gasteiger partial charge < -0.3 is 10.4 Å². The van der Waals surface area contributed by atoms with Crippen LogP contribution in [0.25, 0.3) is 0 Å². The van der Waals surface area contributed by atoms with Crippen LogP contribution in [-0.2, 0) is 6.54 Å². The maximum Gasteiger partial charge on any atom is 0.405 e. The number of fused-ring (bicyclic) bond motifs is 1. The van der Waals surface area contributed by atoms with E-state index in [4.69, 9.17) is 5.11 Å². The normalized spacial score (nSPS) is 14.4. The van der Waals surface area contributed by atoms with Crippen molar-refractivity contribution >= 4 is 17.9 Å². The van der Waals surface area contributed by atoms with Gasteiger partial charge in [0.1, 0.15) is 5.82 Å². The van der Waals surface area contributed by atoms with Crippen LogP contribution in [0.1, 0.15) is 44.8 Å². The minimum absolute atomic E-state index is 0.109. The molecule has 128 valence electrons. The van der Waals surface area contributed by atoms with E-state index in [9.17, 15) is 18.8 Å². The molecule has 0 spiro atoms. The summed E-state index contributed by atoms with van der Waals surface area (Å²) >= 11 is 0. The van der Waals surface area contributed by atoms with E-state index in [0.717, 1.165) is 4.90 Å². The van der Waals surface area contributed by atoms with Crippen molar-refractivity contribution in [1.29, 1.82) is 0 Å². The minimum Gasteiger partial charge on any atom is -0.465 e. The maximum atomic E-state index is 14.4. The summed E-state index contributed by atoms with van der Waals surface area (Å²) in [4.78, 5) is 36.7. The fourth-order valence-corrected chi connectivity index (χ4v) is 2.95. The molecule has 1 aliphatic heterocycles. The highest BCUT2D eigenvalue weighted by atomic mass is 19.1. The number of nitrogens with zero attached hydrogens (tertiary/aromatic N) is 1. The number of rotatable bonds is 4. The predicted molar refractivity (Wildman–Crippen MR) is 86.6 cm³/mol. The molecule has 3 amide bonds. The van der Waals surface area contributed by atoms with Gasteiger partial charge in [0.15, 0.2) is 0 Å². The molecule has 0 unspecified atom stereocenters. The molecule has 1 heterocycles. The van der Waals surface area contributed by atoms with Crippen molar-refractivity contribution in [3.05, 3.63) is 70.5 Å². The van der Waals surface area contributed by atoms with Gasteiger partial charge in [-0.05, 0) is 30.7 Å². The Morgan fingerprint density at radius 3 is 2.28 bits per heavy atom. The first-order chi connectivity index (χ1) is 11.9. The van der Waals surface area contributed by atoms with Crippen molar-refractivity contribution < 1.29 is 23.9 Å². The van der Waals surface area contributed by atoms with E-state index in [-0.39, 0.29) is 23.2 Å². The van der Waals surface area contributed by atoms with Crippen LogP contribution in [0, 0.1) is 5.82 Å². The summed E-state index contributed by atoms with van der Waals surface area (Å²) in [6.45, 7) is 1.30. The van der Waals surface area contributed by atoms with Gasteiger partial charge in [-0.15, -0.1) is 0 Å². The molecule has 25 heavy (non-hydrogen) atoms. The van der Waals surface area contributed by atoms with Crippen molar-refractivity contribution in [3.8, 4) is 0 Å². The lowest BCUT2D eigenvalue weighted by Gasteiger charge is -2.20. The van der Waals surface area contributed by atoms with E-state index in [1.807, 2.05) is 0 Å². The van der Waals surface area contributed by atoms with Crippen molar-refractivity contribution in [3.63, 3.8) is 0 Å². The summed E-state index contributed by atoms with van der Waals surface area (Å²) in [5, 5.41) is 11.1. The second kappa shape index (κ2) is 6.35. The van der Waals surface area contributed by atoms with Gasteiger partial charge in [-0.1, -0.05) is 24.3 Å². The van der Waals surface area contributed by atoms with E-state index < -0.39 is 29.8 Å². The highest BCUT2D eigenvalue weighted by molar-refractivity contribution is 6.21. The zero-order valence-corrected chi connectivity index (χ0v) is 13.3. The quantitative estimate of drug-likeness (QED) is 0.837. The Hall–Kier alpha value is -3.22. The molecule has 0 aliphatic carbocycles. The highest BCUT2D eigenvalue weighted by Crippen LogP contribution is 2.28. The number of amides is 3. The summed E-state index contributed by atoms with van der Waals surface area (Å²) in [5.41, 5.74) is 1.04. The molecule has 0 aromatic heterocycles. The fraction of sp³-hybridized carbons (Fsp3) is 0.167. The third-order valence-electron chi connectivity index (χ3n) is 4.16. The molecule has 0 radical (unpaired) electrons. The zero-order chi connectivity index (χ0) is 18.1. The number of carbonyl (C=O) groups excluding carboxylic acids is 2. The van der Waals surface area contributed by atoms with Crippen LogP contribution in [0.5, 0.6) is 0 Å². The lowest BCUT2D eigenvalue weighted by atomic mass is 10.0. The van der Waals surface area contributed by atoms with Crippen LogP contribution >= 0.6 is 0 Å². The molecule has 2 aromatic carbocycles. The molecule has 3 rings (SSSR count). The lowest BCUT2D eigenvalue weighted by molar-refractivity contribution is 0.0640. The molecular weight excluding hydrogens is 327 g/mol. The molecule has 2 aromatic rings. The molecule has 1 atom stereocenters. The molecule has 0 fully saturated rings. The van der Waals surface area contributed by atoms with Gasteiger partial charge in [-0.2, -0.15) is 0 Å². The monoisotopic (exact) mass is 342 g/mol. The molecule has 0 saturated heterocycles. The van der Waals surface area contributed by atoms with Crippen molar-refractivity contribution in [2.75, 3.05) is 0 Å². The van der Waals surface area contributed by atoms with E-state index >= 15 is 0 Å². The van der Waals surface area contributed by atoms with Crippen LogP contribution in [-0.4, -0.2) is 27.9 Å². The molecule has 2 N–H and O–H groups in total. The number of nitrogens with one attached hydrogen (secondary N) is 1. The van der Waals surface area contributed by atoms with Crippen LogP contribution in [0.15, 0.2) is 42.5 Å². The molecule has 0 saturated carbocycles. The number of benzene rings is 2. The Morgan fingerprint density at radius 1 is 1.12 bits per heavy atom. The second-order valence-electron chi connectivity index (χ2n) is 5.72. The SMILES string of the molecule is C[C@H](NC(=O)O)c1cccc(F)c1CN1C(=O)c2ccccc2C1=O. The van der Waals surface area contributed by atoms with Crippen LogP contribution in [0.4, 0.5) is 9.18 Å². The average Bonchev–Trinajstić information content (AvgIpc) is 2.81. The first-order valence-corrected chi connectivity index (χ1v) is 7.62. The largest absolute Gasteiger partial charge is 0.465 e. The summed E-state index contributed by atoms with van der Waals surface area (Å²) in [7, 11) is 0. The summed E-state index contributed by atoms with van der Waals surface area (Å²) in [6, 6.07) is 9.94. The van der Waals surface area contributed by atoms with Crippen molar-refractivity contribution in [2.24, 2.45) is 0 Å². The Bertz CT molecular complexity index is 846. The summed E-state index contributed by atoms with van der Waals surface area (Å²) in [6.07, 6.45) is -1.25. The first-order valence-electron chi connectivity index (χ1n) is 7.62. The molecule has 6 nitrogen and oxygen atoms in total. The average molecular weight is 342 g/mol. The lowest BCUT2D eigenvalue weighted by Crippen LogP contribution is -2.31. The third kappa shape index (κ3) is 2.96. The van der Waals surface area contributed by atoms with Gasteiger partial charge in [-0.3, -0.25) is 14.5 Å². The summed E-state index contributed by atoms with van der Waals surface area (Å²) in [5.74, 6) is -1.59. The van der Waals surface area contributed by atoms with Gasteiger partial charge in [-0.25, -0.2) is 9.18 Å². The first kappa shape index (κ1) is 16.6. The van der Waals surface area contributed by atoms with E-state index in [1.165, 1.54) is 12.1 Å². The van der Waals surface area contributed by atoms with E-state index in [1.54, 1.807) is 37.3 Å². The molecule has 0 bridgehead atoms. The number of halogens is 1. The second-order valence-corrected chi connectivity index (χ2v) is 5.72. The van der Waals surface area contributed by atoms with Gasteiger partial charge >= 0.3 is 6.09 Å². The molecule has 1 aliphatic rings. The highest BCUT2D eigenvalue weighted by Gasteiger charge is 2.36. The standard InChI is InChI=1S/C18H15FN2O4/c1-10(20-18(24)25)11-7-4-8-15(19)14(11)9-21-16(22)12-5-2-3-6-13(12)17(21)23/h2-8,10,20H,9H2,1H3,(H,24,25)/t10-/m0/s1. The van der Waals surface area contributed by atoms with Crippen LogP contribution in [0.2, 0.25) is 0 Å². The van der Waals surface area contributed by atoms with Crippen LogP contribution < -0.4 is 5.32 Å². The smallest absolute Gasteiger partial charge is 0.405 e.